The number of rotatable bonds is 8. The van der Waals surface area contributed by atoms with Crippen LogP contribution in [0.1, 0.15) is 12.0 Å². The lowest BCUT2D eigenvalue weighted by molar-refractivity contribution is 0.240. The summed E-state index contributed by atoms with van der Waals surface area (Å²) in [6.07, 6.45) is 0.756. The van der Waals surface area contributed by atoms with Crippen molar-refractivity contribution in [2.75, 3.05) is 20.3 Å². The first kappa shape index (κ1) is 15.7. The molecule has 0 bridgehead atoms. The Hall–Kier alpha value is -2.69. The summed E-state index contributed by atoms with van der Waals surface area (Å²) in [6.45, 7) is 1.10. The zero-order chi connectivity index (χ0) is 15.8. The zero-order valence-electron chi connectivity index (χ0n) is 12.5. The number of amidine groups is 1. The van der Waals surface area contributed by atoms with E-state index in [2.05, 4.69) is 0 Å². The summed E-state index contributed by atoms with van der Waals surface area (Å²) in [6, 6.07) is 14.9. The lowest BCUT2D eigenvalue weighted by Gasteiger charge is -2.12. The van der Waals surface area contributed by atoms with E-state index < -0.39 is 0 Å². The second-order valence-electron chi connectivity index (χ2n) is 4.64. The number of nitrogens with one attached hydrogen (secondary N) is 1. The fourth-order valence-electron chi connectivity index (χ4n) is 1.90. The molecule has 0 fully saturated rings. The second kappa shape index (κ2) is 7.93. The van der Waals surface area contributed by atoms with E-state index >= 15 is 0 Å². The van der Waals surface area contributed by atoms with Crippen LogP contribution in [0.25, 0.3) is 0 Å². The van der Waals surface area contributed by atoms with E-state index in [-0.39, 0.29) is 5.84 Å². The first-order valence-electron chi connectivity index (χ1n) is 7.04. The molecule has 22 heavy (non-hydrogen) atoms. The maximum absolute atomic E-state index is 7.42. The van der Waals surface area contributed by atoms with Crippen molar-refractivity contribution in [2.45, 2.75) is 6.42 Å². The molecule has 2 aromatic rings. The highest BCUT2D eigenvalue weighted by Crippen LogP contribution is 2.28. The molecule has 0 heterocycles. The van der Waals surface area contributed by atoms with Crippen molar-refractivity contribution in [2.24, 2.45) is 5.73 Å². The van der Waals surface area contributed by atoms with Gasteiger partial charge in [0.2, 0.25) is 0 Å². The number of para-hydroxylation sites is 1. The van der Waals surface area contributed by atoms with E-state index in [0.29, 0.717) is 30.3 Å². The van der Waals surface area contributed by atoms with Gasteiger partial charge in [-0.2, -0.15) is 0 Å². The third-order valence-corrected chi connectivity index (χ3v) is 3.03. The monoisotopic (exact) mass is 300 g/mol. The Labute approximate surface area is 130 Å². The Morgan fingerprint density at radius 1 is 1.00 bits per heavy atom. The van der Waals surface area contributed by atoms with Crippen LogP contribution in [0.5, 0.6) is 17.2 Å². The fourth-order valence-corrected chi connectivity index (χ4v) is 1.90. The molecule has 2 aromatic carbocycles. The molecule has 0 saturated heterocycles. The summed E-state index contributed by atoms with van der Waals surface area (Å²) >= 11 is 0. The number of nitrogens with two attached hydrogens (primary N) is 1. The Bertz CT molecular complexity index is 615. The second-order valence-corrected chi connectivity index (χ2v) is 4.64. The number of nitrogen functional groups attached to an aromatic ring is 1. The van der Waals surface area contributed by atoms with Crippen LogP contribution in [-0.4, -0.2) is 26.2 Å². The molecule has 116 valence electrons. The molecule has 0 aliphatic carbocycles. The van der Waals surface area contributed by atoms with Gasteiger partial charge in [0.25, 0.3) is 0 Å². The molecule has 2 rings (SSSR count). The largest absolute Gasteiger partial charge is 0.493 e. The first-order chi connectivity index (χ1) is 10.7. The van der Waals surface area contributed by atoms with E-state index in [1.165, 1.54) is 0 Å². The van der Waals surface area contributed by atoms with Crippen LogP contribution in [0.4, 0.5) is 0 Å². The van der Waals surface area contributed by atoms with Gasteiger partial charge in [-0.25, -0.2) is 0 Å². The fraction of sp³-hybridized carbons (Fsp3) is 0.235. The van der Waals surface area contributed by atoms with Gasteiger partial charge in [-0.3, -0.25) is 5.41 Å². The molecule has 5 nitrogen and oxygen atoms in total. The highest BCUT2D eigenvalue weighted by Gasteiger charge is 2.07. The van der Waals surface area contributed by atoms with Gasteiger partial charge in [0, 0.05) is 12.0 Å². The van der Waals surface area contributed by atoms with E-state index in [0.717, 1.165) is 12.2 Å². The van der Waals surface area contributed by atoms with E-state index in [4.69, 9.17) is 25.4 Å². The number of benzene rings is 2. The van der Waals surface area contributed by atoms with Gasteiger partial charge < -0.3 is 19.9 Å². The molecule has 0 aliphatic heterocycles. The Morgan fingerprint density at radius 3 is 2.41 bits per heavy atom. The maximum Gasteiger partial charge on any atom is 0.161 e. The molecular weight excluding hydrogens is 280 g/mol. The van der Waals surface area contributed by atoms with E-state index in [1.54, 1.807) is 25.3 Å². The van der Waals surface area contributed by atoms with Crippen LogP contribution in [-0.2, 0) is 0 Å². The topological polar surface area (TPSA) is 77.6 Å². The number of hydrogen-bond acceptors (Lipinski definition) is 4. The van der Waals surface area contributed by atoms with Gasteiger partial charge in [-0.05, 0) is 30.3 Å². The van der Waals surface area contributed by atoms with Gasteiger partial charge in [0.05, 0.1) is 20.3 Å². The summed E-state index contributed by atoms with van der Waals surface area (Å²) in [5.41, 5.74) is 6.06. The van der Waals surface area contributed by atoms with Crippen molar-refractivity contribution in [1.29, 1.82) is 5.41 Å². The van der Waals surface area contributed by atoms with Crippen molar-refractivity contribution in [3.05, 3.63) is 54.1 Å². The molecule has 3 N–H and O–H groups in total. The summed E-state index contributed by atoms with van der Waals surface area (Å²) in [7, 11) is 1.56. The molecule has 0 atom stereocenters. The Balaban J connectivity index is 1.80. The molecule has 0 radical (unpaired) electrons. The molecule has 0 aromatic heterocycles. The predicted octanol–water partition coefficient (Wildman–Crippen LogP) is 2.83. The van der Waals surface area contributed by atoms with Crippen LogP contribution < -0.4 is 19.9 Å². The normalized spacial score (nSPS) is 10.0. The highest BCUT2D eigenvalue weighted by atomic mass is 16.5. The molecule has 0 saturated carbocycles. The summed E-state index contributed by atoms with van der Waals surface area (Å²) < 4.78 is 16.5. The number of methoxy groups -OCH3 is 1. The first-order valence-corrected chi connectivity index (χ1v) is 7.04. The number of ether oxygens (including phenoxy) is 3. The summed E-state index contributed by atoms with van der Waals surface area (Å²) in [5.74, 6) is 2.05. The minimum atomic E-state index is 0.00103. The van der Waals surface area contributed by atoms with Crippen molar-refractivity contribution < 1.29 is 14.2 Å². The molecule has 0 aliphatic rings. The highest BCUT2D eigenvalue weighted by molar-refractivity contribution is 5.95. The average molecular weight is 300 g/mol. The van der Waals surface area contributed by atoms with Gasteiger partial charge in [0.1, 0.15) is 11.6 Å². The Kier molecular flexibility index (Phi) is 5.65. The number of hydrogen-bond donors (Lipinski definition) is 2. The smallest absolute Gasteiger partial charge is 0.161 e. The SMILES string of the molecule is COc1cc(C(=N)N)ccc1OCCCOc1ccccc1. The standard InChI is InChI=1S/C17H20N2O3/c1-20-16-12-13(17(18)19)8-9-15(16)22-11-5-10-21-14-6-3-2-4-7-14/h2-4,6-9,12H,5,10-11H2,1H3,(H3,18,19). The maximum atomic E-state index is 7.42. The van der Waals surface area contributed by atoms with Crippen molar-refractivity contribution in [1.82, 2.24) is 0 Å². The molecule has 0 unspecified atom stereocenters. The quantitative estimate of drug-likeness (QED) is 0.446. The molecule has 0 spiro atoms. The van der Waals surface area contributed by atoms with Crippen LogP contribution >= 0.6 is 0 Å². The van der Waals surface area contributed by atoms with Gasteiger partial charge >= 0.3 is 0 Å². The van der Waals surface area contributed by atoms with Crippen molar-refractivity contribution >= 4 is 5.84 Å². The minimum Gasteiger partial charge on any atom is -0.493 e. The van der Waals surface area contributed by atoms with Crippen LogP contribution in [0.3, 0.4) is 0 Å². The van der Waals surface area contributed by atoms with Crippen LogP contribution in [0.15, 0.2) is 48.5 Å². The van der Waals surface area contributed by atoms with Gasteiger partial charge in [-0.1, -0.05) is 18.2 Å². The third-order valence-electron chi connectivity index (χ3n) is 3.03. The van der Waals surface area contributed by atoms with E-state index in [9.17, 15) is 0 Å². The summed E-state index contributed by atoms with van der Waals surface area (Å²) in [4.78, 5) is 0. The minimum absolute atomic E-state index is 0.00103. The van der Waals surface area contributed by atoms with Crippen molar-refractivity contribution in [3.63, 3.8) is 0 Å². The Morgan fingerprint density at radius 2 is 1.73 bits per heavy atom. The zero-order valence-corrected chi connectivity index (χ0v) is 12.5. The van der Waals surface area contributed by atoms with E-state index in [1.807, 2.05) is 30.3 Å². The average Bonchev–Trinajstić information content (AvgIpc) is 2.55. The summed E-state index contributed by atoms with van der Waals surface area (Å²) in [5, 5.41) is 7.42. The molecular formula is C17H20N2O3. The van der Waals surface area contributed by atoms with Crippen LogP contribution in [0.2, 0.25) is 0 Å². The molecule has 0 amide bonds. The van der Waals surface area contributed by atoms with Gasteiger partial charge in [0.15, 0.2) is 11.5 Å². The lowest BCUT2D eigenvalue weighted by atomic mass is 10.2. The van der Waals surface area contributed by atoms with Crippen LogP contribution in [0, 0.1) is 5.41 Å². The molecule has 5 heteroatoms. The lowest BCUT2D eigenvalue weighted by Crippen LogP contribution is -2.11. The predicted molar refractivity (Wildman–Crippen MR) is 86.1 cm³/mol. The van der Waals surface area contributed by atoms with Crippen molar-refractivity contribution in [3.8, 4) is 17.2 Å². The van der Waals surface area contributed by atoms with Gasteiger partial charge in [-0.15, -0.1) is 0 Å². The third kappa shape index (κ3) is 4.41.